The van der Waals surface area contributed by atoms with Gasteiger partial charge < -0.3 is 43.7 Å². The lowest BCUT2D eigenvalue weighted by Crippen LogP contribution is -2.79. The Morgan fingerprint density at radius 2 is 1.45 bits per heavy atom. The highest BCUT2D eigenvalue weighted by Gasteiger charge is 2.76. The first kappa shape index (κ1) is 39.9. The molecule has 1 saturated heterocycles. The van der Waals surface area contributed by atoms with Crippen LogP contribution < -0.4 is 0 Å². The molecule has 0 aromatic rings. The zero-order valence-electron chi connectivity index (χ0n) is 28.7. The normalized spacial score (nSPS) is 38.8. The second kappa shape index (κ2) is 15.2. The summed E-state index contributed by atoms with van der Waals surface area (Å²) in [5, 5.41) is 36.7. The summed E-state index contributed by atoms with van der Waals surface area (Å²) in [5.74, 6) is -9.69. The van der Waals surface area contributed by atoms with Crippen molar-refractivity contribution in [2.75, 3.05) is 12.5 Å². The molecule has 0 aromatic heterocycles. The largest absolute Gasteiger partial charge is 0.459 e. The van der Waals surface area contributed by atoms with Crippen LogP contribution in [0.3, 0.4) is 0 Å². The maximum absolute atomic E-state index is 13.3. The lowest BCUT2D eigenvalue weighted by molar-refractivity contribution is -0.322. The van der Waals surface area contributed by atoms with E-state index in [9.17, 15) is 44.1 Å². The summed E-state index contributed by atoms with van der Waals surface area (Å²) < 4.78 is 34.3. The van der Waals surface area contributed by atoms with Crippen LogP contribution in [0.4, 0.5) is 0 Å². The van der Waals surface area contributed by atoms with Crippen LogP contribution in [0.25, 0.3) is 0 Å². The third kappa shape index (κ3) is 7.64. The number of halogens is 1. The molecule has 0 spiro atoms. The monoisotopic (exact) mass is 716 g/mol. The number of ether oxygens (including phenoxy) is 6. The number of aliphatic hydroxyl groups excluding tert-OH is 1. The van der Waals surface area contributed by atoms with Crippen LogP contribution in [0.5, 0.6) is 0 Å². The molecule has 0 unspecified atom stereocenters. The van der Waals surface area contributed by atoms with Gasteiger partial charge in [0.05, 0.1) is 17.9 Å². The van der Waals surface area contributed by atoms with E-state index in [1.807, 2.05) is 0 Å². The average molecular weight is 717 g/mol. The minimum atomic E-state index is -2.87. The smallest absolute Gasteiger partial charge is 0.312 e. The quantitative estimate of drug-likeness (QED) is 0.173. The summed E-state index contributed by atoms with van der Waals surface area (Å²) in [6.45, 7) is 8.73. The summed E-state index contributed by atoms with van der Waals surface area (Å²) in [6.07, 6.45) is -7.30. The lowest BCUT2D eigenvalue weighted by Gasteiger charge is -2.62. The maximum Gasteiger partial charge on any atom is 0.312 e. The van der Waals surface area contributed by atoms with E-state index in [4.69, 9.17) is 40.0 Å². The highest BCUT2D eigenvalue weighted by Crippen LogP contribution is 2.58. The standard InChI is InChI=1S/C33H45ClO15/c1-15(2)11-24(40)49-28-25(45-18(5)37)27(46-19(6)38)31(8)22(44-17(4)36)10-9-21(13-34)12-23-33(43,16(3)30(41)48-23)29(47-20(7)39)26(31)32(28,42)14-35/h9-10,12,15-16,22-23,25-29,35,42-43H,11,13-14H2,1-8H3/b10-9-,21-12+/t16-,22-,23-,25+,26+,27-,28+,29-,31+,32-,33-/m0/s1. The fraction of sp³-hybridized carbons (Fsp3) is 0.697. The van der Waals surface area contributed by atoms with Gasteiger partial charge in [0.15, 0.2) is 30.0 Å². The van der Waals surface area contributed by atoms with E-state index in [1.54, 1.807) is 13.8 Å². The van der Waals surface area contributed by atoms with E-state index < -0.39 is 107 Å². The molecule has 3 rings (SSSR count). The first-order valence-electron chi connectivity index (χ1n) is 15.8. The van der Waals surface area contributed by atoms with Crippen molar-refractivity contribution >= 4 is 47.4 Å². The summed E-state index contributed by atoms with van der Waals surface area (Å²) in [7, 11) is 0. The van der Waals surface area contributed by atoms with Crippen molar-refractivity contribution in [3.05, 3.63) is 23.8 Å². The number of carbonyl (C=O) groups is 6. The molecule has 0 amide bonds. The van der Waals surface area contributed by atoms with Gasteiger partial charge in [-0.25, -0.2) is 0 Å². The number of carbonyl (C=O) groups excluding carboxylic acids is 6. The van der Waals surface area contributed by atoms with Crippen molar-refractivity contribution in [1.82, 2.24) is 0 Å². The minimum absolute atomic E-state index is 0.214. The summed E-state index contributed by atoms with van der Waals surface area (Å²) in [5.41, 5.74) is -7.36. The summed E-state index contributed by atoms with van der Waals surface area (Å²) in [4.78, 5) is 77.5. The second-order valence-corrected chi connectivity index (χ2v) is 13.6. The Balaban J connectivity index is 2.62. The van der Waals surface area contributed by atoms with Crippen molar-refractivity contribution < 1.29 is 72.5 Å². The van der Waals surface area contributed by atoms with E-state index in [0.717, 1.165) is 27.7 Å². The van der Waals surface area contributed by atoms with Gasteiger partial charge in [0.25, 0.3) is 0 Å². The third-order valence-corrected chi connectivity index (χ3v) is 9.61. The Kier molecular flexibility index (Phi) is 12.3. The van der Waals surface area contributed by atoms with Crippen molar-refractivity contribution in [2.45, 2.75) is 110 Å². The van der Waals surface area contributed by atoms with Crippen LogP contribution in [-0.4, -0.2) is 111 Å². The predicted molar refractivity (Wildman–Crippen MR) is 167 cm³/mol. The van der Waals surface area contributed by atoms with Crippen molar-refractivity contribution in [3.8, 4) is 0 Å². The molecule has 0 aromatic carbocycles. The van der Waals surface area contributed by atoms with Gasteiger partial charge in [-0.1, -0.05) is 26.8 Å². The van der Waals surface area contributed by atoms with E-state index in [1.165, 1.54) is 32.1 Å². The molecule has 1 heterocycles. The molecule has 3 aliphatic rings. The van der Waals surface area contributed by atoms with Crippen molar-refractivity contribution in [3.63, 3.8) is 0 Å². The number of hydrogen-bond donors (Lipinski definition) is 3. The van der Waals surface area contributed by atoms with Crippen LogP contribution in [0, 0.1) is 23.2 Å². The number of aliphatic hydroxyl groups is 3. The highest BCUT2D eigenvalue weighted by atomic mass is 35.5. The predicted octanol–water partition coefficient (Wildman–Crippen LogP) is 1.06. The Hall–Kier alpha value is -3.53. The third-order valence-electron chi connectivity index (χ3n) is 9.30. The van der Waals surface area contributed by atoms with Gasteiger partial charge in [0.1, 0.15) is 17.8 Å². The molecule has 11 atom stereocenters. The Labute approximate surface area is 288 Å². The molecule has 0 bridgehead atoms. The fourth-order valence-electron chi connectivity index (χ4n) is 7.23. The Bertz CT molecular complexity index is 1390. The first-order chi connectivity index (χ1) is 22.7. The SMILES string of the molecule is CC(=O)O[C@H]1[C@@H](OC(=O)CC(C)C)[C@](O)(CO)[C@@H]2[C@H](OC(C)=O)[C@@]3(O)[C@H](/C=C(CCl)\C=C/[C@H](OC(C)=O)[C@@]2(C)[C@H]1OC(C)=O)OC(=O)[C@@H]3C. The second-order valence-electron chi connectivity index (χ2n) is 13.4. The van der Waals surface area contributed by atoms with Crippen LogP contribution in [-0.2, 0) is 57.2 Å². The molecule has 15 nitrogen and oxygen atoms in total. The number of fused-ring (bicyclic) bond motifs is 2. The van der Waals surface area contributed by atoms with E-state index >= 15 is 0 Å². The molecular formula is C33H45ClO15. The van der Waals surface area contributed by atoms with Crippen molar-refractivity contribution in [2.24, 2.45) is 23.2 Å². The van der Waals surface area contributed by atoms with Crippen LogP contribution >= 0.6 is 11.6 Å². The van der Waals surface area contributed by atoms with Crippen LogP contribution in [0.15, 0.2) is 23.8 Å². The lowest BCUT2D eigenvalue weighted by atomic mass is 9.50. The topological polar surface area (TPSA) is 218 Å². The molecule has 1 saturated carbocycles. The van der Waals surface area contributed by atoms with Gasteiger partial charge in [-0.05, 0) is 30.6 Å². The van der Waals surface area contributed by atoms with Gasteiger partial charge in [-0.3, -0.25) is 28.8 Å². The average Bonchev–Trinajstić information content (AvgIpc) is 3.20. The van der Waals surface area contributed by atoms with Gasteiger partial charge >= 0.3 is 35.8 Å². The van der Waals surface area contributed by atoms with Crippen molar-refractivity contribution in [1.29, 1.82) is 0 Å². The molecule has 0 radical (unpaired) electrons. The Morgan fingerprint density at radius 3 is 1.94 bits per heavy atom. The molecule has 16 heteroatoms. The number of esters is 6. The molecule has 274 valence electrons. The number of rotatable bonds is 9. The number of hydrogen-bond acceptors (Lipinski definition) is 15. The van der Waals surface area contributed by atoms with Gasteiger partial charge in [-0.15, -0.1) is 11.6 Å². The maximum atomic E-state index is 13.3. The highest BCUT2D eigenvalue weighted by molar-refractivity contribution is 6.19. The zero-order chi connectivity index (χ0) is 37.2. The molecule has 49 heavy (non-hydrogen) atoms. The number of alkyl halides is 1. The van der Waals surface area contributed by atoms with Gasteiger partial charge in [0, 0.05) is 45.9 Å². The van der Waals surface area contributed by atoms with E-state index in [0.29, 0.717) is 0 Å². The van der Waals surface area contributed by atoms with Gasteiger partial charge in [-0.2, -0.15) is 0 Å². The number of allylic oxidation sites excluding steroid dienone is 2. The molecule has 2 aliphatic carbocycles. The summed E-state index contributed by atoms with van der Waals surface area (Å²) in [6, 6.07) is 0. The van der Waals surface area contributed by atoms with Crippen LogP contribution in [0.1, 0.15) is 61.8 Å². The first-order valence-corrected chi connectivity index (χ1v) is 16.3. The van der Waals surface area contributed by atoms with E-state index in [-0.39, 0.29) is 23.8 Å². The molecule has 1 aliphatic heterocycles. The van der Waals surface area contributed by atoms with E-state index in [2.05, 4.69) is 0 Å². The summed E-state index contributed by atoms with van der Waals surface area (Å²) >= 11 is 6.22. The minimum Gasteiger partial charge on any atom is -0.459 e. The zero-order valence-corrected chi connectivity index (χ0v) is 29.4. The van der Waals surface area contributed by atoms with Crippen LogP contribution in [0.2, 0.25) is 0 Å². The molecule has 3 N–H and O–H groups in total. The Morgan fingerprint density at radius 1 is 0.898 bits per heavy atom. The van der Waals surface area contributed by atoms with Gasteiger partial charge in [0.2, 0.25) is 0 Å². The molecular weight excluding hydrogens is 672 g/mol. The fourth-order valence-corrected chi connectivity index (χ4v) is 7.41. The molecule has 2 fully saturated rings.